The molecular formula is C15H17ClF3N3O2. The van der Waals surface area contributed by atoms with Crippen LogP contribution in [-0.4, -0.2) is 37.6 Å². The molecular weight excluding hydrogens is 347 g/mol. The van der Waals surface area contributed by atoms with Gasteiger partial charge in [0.1, 0.15) is 0 Å². The highest BCUT2D eigenvalue weighted by Crippen LogP contribution is 2.28. The van der Waals surface area contributed by atoms with E-state index in [2.05, 4.69) is 10.6 Å². The average molecular weight is 364 g/mol. The average Bonchev–Trinajstić information content (AvgIpc) is 3.29. The van der Waals surface area contributed by atoms with Crippen LogP contribution in [0.1, 0.15) is 23.2 Å². The van der Waals surface area contributed by atoms with Crippen LogP contribution in [0.2, 0.25) is 5.02 Å². The molecule has 2 amide bonds. The van der Waals surface area contributed by atoms with Gasteiger partial charge in [-0.05, 0) is 37.0 Å². The highest BCUT2D eigenvalue weighted by molar-refractivity contribution is 6.31. The highest BCUT2D eigenvalue weighted by Gasteiger charge is 2.27. The third-order valence-corrected chi connectivity index (χ3v) is 3.59. The fraction of sp³-hybridized carbons (Fsp3) is 0.467. The number of halogens is 4. The van der Waals surface area contributed by atoms with E-state index < -0.39 is 25.2 Å². The molecule has 0 radical (unpaired) electrons. The molecule has 0 unspecified atom stereocenters. The molecule has 9 heteroatoms. The van der Waals surface area contributed by atoms with Crippen LogP contribution in [0.4, 0.5) is 18.9 Å². The Morgan fingerprint density at radius 1 is 1.25 bits per heavy atom. The van der Waals surface area contributed by atoms with E-state index in [1.807, 2.05) is 5.32 Å². The van der Waals surface area contributed by atoms with Gasteiger partial charge in [0.05, 0.1) is 24.3 Å². The van der Waals surface area contributed by atoms with Crippen molar-refractivity contribution in [2.75, 3.05) is 25.0 Å². The maximum atomic E-state index is 12.2. The van der Waals surface area contributed by atoms with E-state index in [9.17, 15) is 22.8 Å². The summed E-state index contributed by atoms with van der Waals surface area (Å²) in [7, 11) is 0. The van der Waals surface area contributed by atoms with Gasteiger partial charge in [-0.15, -0.1) is 0 Å². The summed E-state index contributed by atoms with van der Waals surface area (Å²) >= 11 is 5.88. The van der Waals surface area contributed by atoms with Crippen LogP contribution in [0.3, 0.4) is 0 Å². The summed E-state index contributed by atoms with van der Waals surface area (Å²) in [6.07, 6.45) is -2.25. The van der Waals surface area contributed by atoms with E-state index >= 15 is 0 Å². The van der Waals surface area contributed by atoms with Crippen LogP contribution < -0.4 is 16.0 Å². The Morgan fingerprint density at radius 3 is 2.58 bits per heavy atom. The summed E-state index contributed by atoms with van der Waals surface area (Å²) in [5.74, 6) is -0.585. The van der Waals surface area contributed by atoms with Crippen LogP contribution in [-0.2, 0) is 4.79 Å². The molecule has 0 atom stereocenters. The molecule has 5 nitrogen and oxygen atoms in total. The molecule has 0 aromatic heterocycles. The van der Waals surface area contributed by atoms with Crippen molar-refractivity contribution >= 4 is 29.1 Å². The van der Waals surface area contributed by atoms with Crippen molar-refractivity contribution in [3.8, 4) is 0 Å². The number of nitrogens with one attached hydrogen (secondary N) is 3. The van der Waals surface area contributed by atoms with Gasteiger partial charge >= 0.3 is 6.18 Å². The Labute approximate surface area is 141 Å². The molecule has 0 saturated heterocycles. The largest absolute Gasteiger partial charge is 0.401 e. The number of hydrogen-bond acceptors (Lipinski definition) is 3. The lowest BCUT2D eigenvalue weighted by Crippen LogP contribution is -2.35. The monoisotopic (exact) mass is 363 g/mol. The van der Waals surface area contributed by atoms with E-state index in [1.54, 1.807) is 0 Å². The van der Waals surface area contributed by atoms with Gasteiger partial charge in [-0.25, -0.2) is 0 Å². The fourth-order valence-electron chi connectivity index (χ4n) is 1.98. The van der Waals surface area contributed by atoms with Gasteiger partial charge in [0.15, 0.2) is 0 Å². The Hall–Kier alpha value is -1.80. The molecule has 0 bridgehead atoms. The predicted molar refractivity (Wildman–Crippen MR) is 84.1 cm³/mol. The third-order valence-electron chi connectivity index (χ3n) is 3.36. The molecule has 1 aromatic rings. The second kappa shape index (κ2) is 7.85. The van der Waals surface area contributed by atoms with E-state index in [0.717, 1.165) is 12.8 Å². The Kier molecular flexibility index (Phi) is 6.06. The van der Waals surface area contributed by atoms with Crippen LogP contribution in [0.5, 0.6) is 0 Å². The van der Waals surface area contributed by atoms with Crippen molar-refractivity contribution in [3.05, 3.63) is 28.8 Å². The maximum Gasteiger partial charge on any atom is 0.401 e. The molecule has 1 aromatic carbocycles. The number of anilines is 1. The minimum Gasteiger partial charge on any atom is -0.352 e. The van der Waals surface area contributed by atoms with E-state index in [1.165, 1.54) is 18.2 Å². The van der Waals surface area contributed by atoms with Gasteiger partial charge < -0.3 is 16.0 Å². The number of hydrogen-bond donors (Lipinski definition) is 3. The molecule has 0 aliphatic heterocycles. The van der Waals surface area contributed by atoms with Crippen LogP contribution in [0.25, 0.3) is 0 Å². The van der Waals surface area contributed by atoms with Crippen molar-refractivity contribution in [1.29, 1.82) is 0 Å². The quantitative estimate of drug-likeness (QED) is 0.697. The molecule has 3 N–H and O–H groups in total. The summed E-state index contributed by atoms with van der Waals surface area (Å²) in [6.45, 7) is -1.24. The lowest BCUT2D eigenvalue weighted by Gasteiger charge is -2.13. The lowest BCUT2D eigenvalue weighted by atomic mass is 10.1. The van der Waals surface area contributed by atoms with Gasteiger partial charge in [-0.2, -0.15) is 13.2 Å². The van der Waals surface area contributed by atoms with E-state index in [-0.39, 0.29) is 17.2 Å². The van der Waals surface area contributed by atoms with Gasteiger partial charge in [0.25, 0.3) is 5.91 Å². The zero-order valence-electron chi connectivity index (χ0n) is 12.7. The van der Waals surface area contributed by atoms with Crippen molar-refractivity contribution in [1.82, 2.24) is 10.6 Å². The third kappa shape index (κ3) is 6.37. The molecule has 0 heterocycles. The van der Waals surface area contributed by atoms with Crippen molar-refractivity contribution in [3.63, 3.8) is 0 Å². The fourth-order valence-corrected chi connectivity index (χ4v) is 2.15. The van der Waals surface area contributed by atoms with Crippen molar-refractivity contribution in [2.45, 2.75) is 19.0 Å². The molecule has 1 fully saturated rings. The van der Waals surface area contributed by atoms with E-state index in [0.29, 0.717) is 17.5 Å². The minimum atomic E-state index is -4.39. The molecule has 0 spiro atoms. The lowest BCUT2D eigenvalue weighted by molar-refractivity contribution is -0.126. The zero-order chi connectivity index (χ0) is 17.7. The first-order valence-electron chi connectivity index (χ1n) is 7.39. The molecule has 24 heavy (non-hydrogen) atoms. The minimum absolute atomic E-state index is 0.173. The number of rotatable bonds is 7. The van der Waals surface area contributed by atoms with E-state index in [4.69, 9.17) is 11.6 Å². The van der Waals surface area contributed by atoms with Gasteiger partial charge in [-0.3, -0.25) is 9.59 Å². The second-order valence-corrected chi connectivity index (χ2v) is 6.05. The molecule has 1 saturated carbocycles. The molecule has 1 aliphatic rings. The first-order valence-corrected chi connectivity index (χ1v) is 7.77. The molecule has 132 valence electrons. The van der Waals surface area contributed by atoms with Gasteiger partial charge in [0, 0.05) is 11.6 Å². The van der Waals surface area contributed by atoms with Gasteiger partial charge in [-0.1, -0.05) is 11.6 Å². The van der Waals surface area contributed by atoms with Crippen LogP contribution >= 0.6 is 11.6 Å². The Morgan fingerprint density at radius 2 is 1.96 bits per heavy atom. The predicted octanol–water partition coefficient (Wildman–Crippen LogP) is 2.57. The Balaban J connectivity index is 1.95. The number of alkyl halides is 3. The SMILES string of the molecule is O=C(CNCC(F)(F)F)Nc1ccc(Cl)cc1C(=O)NCC1CC1. The first kappa shape index (κ1) is 18.5. The molecule has 2 rings (SSSR count). The summed E-state index contributed by atoms with van der Waals surface area (Å²) in [5, 5.41) is 7.48. The second-order valence-electron chi connectivity index (χ2n) is 5.61. The summed E-state index contributed by atoms with van der Waals surface area (Å²) in [4.78, 5) is 23.9. The Bertz CT molecular complexity index is 618. The summed E-state index contributed by atoms with van der Waals surface area (Å²) in [6, 6.07) is 4.33. The normalized spacial score (nSPS) is 14.3. The van der Waals surface area contributed by atoms with Crippen LogP contribution in [0, 0.1) is 5.92 Å². The highest BCUT2D eigenvalue weighted by atomic mass is 35.5. The maximum absolute atomic E-state index is 12.2. The number of carbonyl (C=O) groups is 2. The van der Waals surface area contributed by atoms with Crippen molar-refractivity contribution < 1.29 is 22.8 Å². The topological polar surface area (TPSA) is 70.2 Å². The summed E-state index contributed by atoms with van der Waals surface area (Å²) < 4.78 is 36.1. The first-order chi connectivity index (χ1) is 11.2. The van der Waals surface area contributed by atoms with Crippen molar-refractivity contribution in [2.24, 2.45) is 5.92 Å². The molecule has 1 aliphatic carbocycles. The zero-order valence-corrected chi connectivity index (χ0v) is 13.4. The smallest absolute Gasteiger partial charge is 0.352 e. The summed E-state index contributed by atoms with van der Waals surface area (Å²) in [5.41, 5.74) is 0.374. The van der Waals surface area contributed by atoms with Crippen LogP contribution in [0.15, 0.2) is 18.2 Å². The standard InChI is InChI=1S/C15H17ClF3N3O2/c16-10-3-4-12(22-13(23)7-20-8-15(17,18)19)11(5-10)14(24)21-6-9-1-2-9/h3-5,9,20H,1-2,6-8H2,(H,21,24)(H,22,23). The number of amides is 2. The number of carbonyl (C=O) groups excluding carboxylic acids is 2. The number of benzene rings is 1. The van der Waals surface area contributed by atoms with Gasteiger partial charge in [0.2, 0.25) is 5.91 Å².